The number of H-pyrrole nitrogens is 1. The molecule has 0 aliphatic heterocycles. The Balaban J connectivity index is 1.76. The minimum atomic E-state index is -0.160. The molecule has 0 radical (unpaired) electrons. The van der Waals surface area contributed by atoms with E-state index in [-0.39, 0.29) is 6.04 Å². The molecule has 1 aromatic heterocycles. The van der Waals surface area contributed by atoms with E-state index in [4.69, 9.17) is 5.73 Å². The van der Waals surface area contributed by atoms with Gasteiger partial charge in [0.15, 0.2) is 5.82 Å². The highest BCUT2D eigenvalue weighted by Gasteiger charge is 2.10. The zero-order valence-corrected chi connectivity index (χ0v) is 9.52. The Bertz CT molecular complexity index is 402. The summed E-state index contributed by atoms with van der Waals surface area (Å²) in [6, 6.07) is 10.1. The quantitative estimate of drug-likeness (QED) is 0.812. The summed E-state index contributed by atoms with van der Waals surface area (Å²) in [5.74, 6) is 2.31. The number of aromatic nitrogens is 4. The van der Waals surface area contributed by atoms with Crippen LogP contribution >= 0.6 is 11.8 Å². The van der Waals surface area contributed by atoms with Crippen LogP contribution in [0.25, 0.3) is 0 Å². The van der Waals surface area contributed by atoms with Crippen LogP contribution in [0.5, 0.6) is 0 Å². The average Bonchev–Trinajstić information content (AvgIpc) is 2.84. The molecule has 84 valence electrons. The molecule has 5 nitrogen and oxygen atoms in total. The van der Waals surface area contributed by atoms with Crippen LogP contribution in [0.15, 0.2) is 30.3 Å². The Kier molecular flexibility index (Phi) is 3.90. The van der Waals surface area contributed by atoms with Crippen molar-refractivity contribution in [2.24, 2.45) is 5.73 Å². The molecule has 0 aliphatic rings. The average molecular weight is 235 g/mol. The molecule has 6 heteroatoms. The molecular formula is C10H13N5S. The van der Waals surface area contributed by atoms with E-state index in [0.29, 0.717) is 5.82 Å². The Hall–Kier alpha value is -1.40. The van der Waals surface area contributed by atoms with Gasteiger partial charge in [0.25, 0.3) is 0 Å². The van der Waals surface area contributed by atoms with E-state index < -0.39 is 0 Å². The van der Waals surface area contributed by atoms with E-state index >= 15 is 0 Å². The van der Waals surface area contributed by atoms with Crippen LogP contribution in [0.4, 0.5) is 0 Å². The molecule has 1 aromatic carbocycles. The van der Waals surface area contributed by atoms with Crippen molar-refractivity contribution in [1.82, 2.24) is 20.6 Å². The molecule has 1 atom stereocenters. The summed E-state index contributed by atoms with van der Waals surface area (Å²) < 4.78 is 0. The van der Waals surface area contributed by atoms with Crippen LogP contribution in [0.1, 0.15) is 17.4 Å². The van der Waals surface area contributed by atoms with Gasteiger partial charge in [0.05, 0.1) is 6.04 Å². The van der Waals surface area contributed by atoms with Crippen molar-refractivity contribution in [1.29, 1.82) is 0 Å². The highest BCUT2D eigenvalue weighted by atomic mass is 32.2. The maximum atomic E-state index is 5.90. The first-order valence-electron chi connectivity index (χ1n) is 4.97. The summed E-state index contributed by atoms with van der Waals surface area (Å²) in [5, 5.41) is 13.6. The van der Waals surface area contributed by atoms with Crippen LogP contribution < -0.4 is 5.73 Å². The van der Waals surface area contributed by atoms with Gasteiger partial charge >= 0.3 is 0 Å². The molecule has 0 aliphatic carbocycles. The number of benzene rings is 1. The summed E-state index contributed by atoms with van der Waals surface area (Å²) in [6.07, 6.45) is 0. The van der Waals surface area contributed by atoms with Gasteiger partial charge in [-0.2, -0.15) is 17.0 Å². The largest absolute Gasteiger partial charge is 0.321 e. The number of hydrogen-bond acceptors (Lipinski definition) is 5. The van der Waals surface area contributed by atoms with Crippen molar-refractivity contribution in [2.45, 2.75) is 11.8 Å². The molecule has 0 amide bonds. The van der Waals surface area contributed by atoms with Crippen LogP contribution in [-0.4, -0.2) is 26.4 Å². The molecule has 3 N–H and O–H groups in total. The second-order valence-corrected chi connectivity index (χ2v) is 4.41. The van der Waals surface area contributed by atoms with Gasteiger partial charge in [-0.05, 0) is 5.56 Å². The third-order valence-corrected chi connectivity index (χ3v) is 3.23. The van der Waals surface area contributed by atoms with E-state index in [1.807, 2.05) is 18.2 Å². The molecule has 0 bridgehead atoms. The summed E-state index contributed by atoms with van der Waals surface area (Å²) in [7, 11) is 0. The van der Waals surface area contributed by atoms with Gasteiger partial charge in [-0.15, -0.1) is 10.2 Å². The van der Waals surface area contributed by atoms with Crippen LogP contribution in [0.2, 0.25) is 0 Å². The van der Waals surface area contributed by atoms with E-state index in [1.165, 1.54) is 5.56 Å². The summed E-state index contributed by atoms with van der Waals surface area (Å²) in [5.41, 5.74) is 7.20. The lowest BCUT2D eigenvalue weighted by Gasteiger charge is -2.06. The Morgan fingerprint density at radius 2 is 2.12 bits per heavy atom. The number of tetrazole rings is 1. The highest BCUT2D eigenvalue weighted by Crippen LogP contribution is 2.16. The normalized spacial score (nSPS) is 12.6. The highest BCUT2D eigenvalue weighted by molar-refractivity contribution is 7.98. The van der Waals surface area contributed by atoms with E-state index in [0.717, 1.165) is 11.5 Å². The first-order chi connectivity index (χ1) is 7.86. The SMILES string of the molecule is N[C@@H](CSCc1ccccc1)c1nn[nH]n1. The summed E-state index contributed by atoms with van der Waals surface area (Å²) >= 11 is 1.77. The van der Waals surface area contributed by atoms with Crippen LogP contribution in [0.3, 0.4) is 0 Å². The van der Waals surface area contributed by atoms with E-state index in [2.05, 4.69) is 32.8 Å². The number of thioether (sulfide) groups is 1. The topological polar surface area (TPSA) is 80.5 Å². The molecule has 0 spiro atoms. The van der Waals surface area contributed by atoms with Gasteiger partial charge in [0.1, 0.15) is 0 Å². The number of nitrogens with zero attached hydrogens (tertiary/aromatic N) is 3. The predicted molar refractivity (Wildman–Crippen MR) is 63.7 cm³/mol. The second-order valence-electron chi connectivity index (χ2n) is 3.38. The van der Waals surface area contributed by atoms with Crippen molar-refractivity contribution in [3.8, 4) is 0 Å². The summed E-state index contributed by atoms with van der Waals surface area (Å²) in [6.45, 7) is 0. The van der Waals surface area contributed by atoms with Crippen LogP contribution in [0, 0.1) is 0 Å². The lowest BCUT2D eigenvalue weighted by atomic mass is 10.2. The number of rotatable bonds is 5. The van der Waals surface area contributed by atoms with Crippen molar-refractivity contribution >= 4 is 11.8 Å². The van der Waals surface area contributed by atoms with E-state index in [9.17, 15) is 0 Å². The fraction of sp³-hybridized carbons (Fsp3) is 0.300. The van der Waals surface area contributed by atoms with Crippen molar-refractivity contribution in [2.75, 3.05) is 5.75 Å². The van der Waals surface area contributed by atoms with Gasteiger partial charge in [-0.3, -0.25) is 0 Å². The fourth-order valence-electron chi connectivity index (χ4n) is 1.28. The molecule has 2 rings (SSSR count). The van der Waals surface area contributed by atoms with Crippen molar-refractivity contribution in [3.63, 3.8) is 0 Å². The van der Waals surface area contributed by atoms with Crippen molar-refractivity contribution < 1.29 is 0 Å². The minimum absolute atomic E-state index is 0.160. The lowest BCUT2D eigenvalue weighted by molar-refractivity contribution is 0.753. The molecule has 0 saturated heterocycles. The predicted octanol–water partition coefficient (Wildman–Crippen LogP) is 1.13. The zero-order chi connectivity index (χ0) is 11.2. The smallest absolute Gasteiger partial charge is 0.192 e. The standard InChI is InChI=1S/C10H13N5S/c11-9(10-12-14-15-13-10)7-16-6-8-4-2-1-3-5-8/h1-5,9H,6-7,11H2,(H,12,13,14,15)/t9-/m0/s1. The fourth-order valence-corrected chi connectivity index (χ4v) is 2.23. The number of nitrogens with two attached hydrogens (primary N) is 1. The maximum absolute atomic E-state index is 5.90. The molecule has 1 heterocycles. The zero-order valence-electron chi connectivity index (χ0n) is 8.71. The van der Waals surface area contributed by atoms with Gasteiger partial charge in [0, 0.05) is 11.5 Å². The number of aromatic amines is 1. The van der Waals surface area contributed by atoms with Gasteiger partial charge in [0.2, 0.25) is 0 Å². The molecule has 0 saturated carbocycles. The van der Waals surface area contributed by atoms with Gasteiger partial charge in [-0.1, -0.05) is 35.5 Å². The second kappa shape index (κ2) is 5.62. The molecule has 2 aromatic rings. The lowest BCUT2D eigenvalue weighted by Crippen LogP contribution is -2.15. The Labute approximate surface area is 97.8 Å². The van der Waals surface area contributed by atoms with E-state index in [1.54, 1.807) is 11.8 Å². The van der Waals surface area contributed by atoms with Crippen molar-refractivity contribution in [3.05, 3.63) is 41.7 Å². The van der Waals surface area contributed by atoms with Crippen LogP contribution in [-0.2, 0) is 5.75 Å². The molecule has 0 fully saturated rings. The number of nitrogens with one attached hydrogen (secondary N) is 1. The number of hydrogen-bond donors (Lipinski definition) is 2. The third-order valence-electron chi connectivity index (χ3n) is 2.10. The Morgan fingerprint density at radius 3 is 2.81 bits per heavy atom. The maximum Gasteiger partial charge on any atom is 0.192 e. The third kappa shape index (κ3) is 3.04. The Morgan fingerprint density at radius 1 is 1.31 bits per heavy atom. The molecule has 16 heavy (non-hydrogen) atoms. The minimum Gasteiger partial charge on any atom is -0.321 e. The molecular weight excluding hydrogens is 222 g/mol. The summed E-state index contributed by atoms with van der Waals surface area (Å²) in [4.78, 5) is 0. The van der Waals surface area contributed by atoms with Gasteiger partial charge in [-0.25, -0.2) is 0 Å². The monoisotopic (exact) mass is 235 g/mol. The first-order valence-corrected chi connectivity index (χ1v) is 6.12. The molecule has 0 unspecified atom stereocenters. The van der Waals surface area contributed by atoms with Gasteiger partial charge < -0.3 is 5.73 Å². The first kappa shape index (κ1) is 11.1.